The van der Waals surface area contributed by atoms with Gasteiger partial charge < -0.3 is 10.0 Å². The van der Waals surface area contributed by atoms with Crippen LogP contribution in [-0.2, 0) is 11.3 Å². The Labute approximate surface area is 124 Å². The molecule has 0 radical (unpaired) electrons. The van der Waals surface area contributed by atoms with E-state index >= 15 is 0 Å². The van der Waals surface area contributed by atoms with Crippen molar-refractivity contribution >= 4 is 11.9 Å². The molecule has 6 heteroatoms. The van der Waals surface area contributed by atoms with Crippen molar-refractivity contribution < 1.29 is 14.7 Å². The van der Waals surface area contributed by atoms with E-state index in [1.54, 1.807) is 15.6 Å². The highest BCUT2D eigenvalue weighted by Gasteiger charge is 2.41. The number of nitrogens with zero attached hydrogens (tertiary/aromatic N) is 3. The number of likely N-dealkylation sites (tertiary alicyclic amines) is 1. The van der Waals surface area contributed by atoms with Crippen molar-refractivity contribution in [1.82, 2.24) is 14.7 Å². The molecule has 1 aromatic heterocycles. The first-order valence-corrected chi connectivity index (χ1v) is 7.50. The summed E-state index contributed by atoms with van der Waals surface area (Å²) in [6.45, 7) is 7.36. The number of hydrogen-bond donors (Lipinski definition) is 1. The third kappa shape index (κ3) is 2.80. The molecule has 0 atom stereocenters. The van der Waals surface area contributed by atoms with Crippen molar-refractivity contribution in [3.63, 3.8) is 0 Å². The quantitative estimate of drug-likeness (QED) is 0.920. The molecule has 116 valence electrons. The topological polar surface area (TPSA) is 75.4 Å². The van der Waals surface area contributed by atoms with E-state index in [1.807, 2.05) is 20.8 Å². The minimum Gasteiger partial charge on any atom is -0.481 e. The number of carbonyl (C=O) groups is 2. The minimum atomic E-state index is -0.744. The second kappa shape index (κ2) is 5.87. The van der Waals surface area contributed by atoms with E-state index in [0.29, 0.717) is 44.6 Å². The molecule has 0 unspecified atom stereocenters. The van der Waals surface area contributed by atoms with Gasteiger partial charge in [0.05, 0.1) is 11.1 Å². The van der Waals surface area contributed by atoms with Crippen LogP contribution >= 0.6 is 0 Å². The average molecular weight is 293 g/mol. The number of aromatic nitrogens is 2. The van der Waals surface area contributed by atoms with Crippen LogP contribution in [0.2, 0.25) is 0 Å². The van der Waals surface area contributed by atoms with E-state index in [1.165, 1.54) is 0 Å². The van der Waals surface area contributed by atoms with Gasteiger partial charge in [0.15, 0.2) is 0 Å². The summed E-state index contributed by atoms with van der Waals surface area (Å²) in [4.78, 5) is 25.8. The van der Waals surface area contributed by atoms with Gasteiger partial charge >= 0.3 is 5.97 Å². The maximum absolute atomic E-state index is 12.6. The van der Waals surface area contributed by atoms with Crippen LogP contribution in [-0.4, -0.2) is 44.8 Å². The third-order valence-corrected chi connectivity index (χ3v) is 4.56. The minimum absolute atomic E-state index is 0.0486. The number of carboxylic acid groups (broad SMARTS) is 1. The lowest BCUT2D eigenvalue weighted by Gasteiger charge is -2.38. The first-order chi connectivity index (χ1) is 9.93. The fraction of sp³-hybridized carbons (Fsp3) is 0.667. The molecule has 0 bridgehead atoms. The van der Waals surface area contributed by atoms with Gasteiger partial charge in [0.1, 0.15) is 5.69 Å². The van der Waals surface area contributed by atoms with Gasteiger partial charge in [0, 0.05) is 19.6 Å². The molecular formula is C15H23N3O3. The third-order valence-electron chi connectivity index (χ3n) is 4.56. The van der Waals surface area contributed by atoms with Gasteiger partial charge in [-0.15, -0.1) is 0 Å². The summed E-state index contributed by atoms with van der Waals surface area (Å²) >= 11 is 0. The smallest absolute Gasteiger partial charge is 0.309 e. The van der Waals surface area contributed by atoms with Crippen molar-refractivity contribution in [2.75, 3.05) is 13.1 Å². The Kier molecular flexibility index (Phi) is 4.34. The van der Waals surface area contributed by atoms with E-state index in [4.69, 9.17) is 0 Å². The molecule has 0 saturated carbocycles. The van der Waals surface area contributed by atoms with Crippen molar-refractivity contribution in [3.05, 3.63) is 17.5 Å². The van der Waals surface area contributed by atoms with Crippen molar-refractivity contribution in [1.29, 1.82) is 0 Å². The second-order valence-electron chi connectivity index (χ2n) is 5.72. The lowest BCUT2D eigenvalue weighted by Crippen LogP contribution is -2.46. The predicted octanol–water partition coefficient (Wildman–Crippen LogP) is 1.93. The molecule has 1 aliphatic heterocycles. The van der Waals surface area contributed by atoms with Gasteiger partial charge in [-0.3, -0.25) is 14.3 Å². The van der Waals surface area contributed by atoms with E-state index in [-0.39, 0.29) is 5.91 Å². The van der Waals surface area contributed by atoms with Gasteiger partial charge in [-0.25, -0.2) is 0 Å². The summed E-state index contributed by atoms with van der Waals surface area (Å²) in [5.74, 6) is -0.793. The van der Waals surface area contributed by atoms with Crippen LogP contribution in [0, 0.1) is 12.3 Å². The molecule has 2 rings (SSSR count). The van der Waals surface area contributed by atoms with Crippen LogP contribution in [0.1, 0.15) is 49.3 Å². The summed E-state index contributed by atoms with van der Waals surface area (Å²) in [5, 5.41) is 13.7. The fourth-order valence-electron chi connectivity index (χ4n) is 2.98. The van der Waals surface area contributed by atoms with Gasteiger partial charge in [-0.2, -0.15) is 5.10 Å². The summed E-state index contributed by atoms with van der Waals surface area (Å²) in [7, 11) is 0. The molecule has 6 nitrogen and oxygen atoms in total. The normalized spacial score (nSPS) is 17.8. The number of carbonyl (C=O) groups excluding carboxylic acids is 1. The molecule has 1 fully saturated rings. The molecule has 1 aliphatic rings. The van der Waals surface area contributed by atoms with Gasteiger partial charge in [-0.1, -0.05) is 6.92 Å². The molecule has 1 saturated heterocycles. The number of aliphatic carboxylic acids is 1. The Morgan fingerprint density at radius 1 is 1.33 bits per heavy atom. The highest BCUT2D eigenvalue weighted by atomic mass is 16.4. The number of hydrogen-bond acceptors (Lipinski definition) is 3. The molecule has 0 aromatic carbocycles. The van der Waals surface area contributed by atoms with Crippen LogP contribution in [0.4, 0.5) is 0 Å². The molecule has 0 spiro atoms. The van der Waals surface area contributed by atoms with Gasteiger partial charge in [0.2, 0.25) is 0 Å². The summed E-state index contributed by atoms with van der Waals surface area (Å²) in [5.41, 5.74) is 0.748. The zero-order valence-electron chi connectivity index (χ0n) is 12.9. The highest BCUT2D eigenvalue weighted by molar-refractivity contribution is 5.93. The lowest BCUT2D eigenvalue weighted by molar-refractivity contribution is -0.152. The number of rotatable bonds is 4. The molecule has 1 aromatic rings. The zero-order valence-corrected chi connectivity index (χ0v) is 12.9. The Morgan fingerprint density at radius 2 is 1.95 bits per heavy atom. The molecule has 1 amide bonds. The summed E-state index contributed by atoms with van der Waals surface area (Å²) in [6, 6.07) is 1.80. The Bertz CT molecular complexity index is 542. The van der Waals surface area contributed by atoms with Crippen LogP contribution in [0.3, 0.4) is 0 Å². The van der Waals surface area contributed by atoms with Crippen molar-refractivity contribution in [2.45, 2.75) is 46.6 Å². The first kappa shape index (κ1) is 15.5. The van der Waals surface area contributed by atoms with E-state index < -0.39 is 11.4 Å². The fourth-order valence-corrected chi connectivity index (χ4v) is 2.98. The lowest BCUT2D eigenvalue weighted by atomic mass is 9.76. The Balaban J connectivity index is 2.11. The largest absolute Gasteiger partial charge is 0.481 e. The summed E-state index contributed by atoms with van der Waals surface area (Å²) in [6.07, 6.45) is 1.64. The highest BCUT2D eigenvalue weighted by Crippen LogP contribution is 2.35. The van der Waals surface area contributed by atoms with Crippen LogP contribution < -0.4 is 0 Å². The van der Waals surface area contributed by atoms with E-state index in [0.717, 1.165) is 5.69 Å². The van der Waals surface area contributed by atoms with Crippen LogP contribution in [0.5, 0.6) is 0 Å². The second-order valence-corrected chi connectivity index (χ2v) is 5.72. The number of carboxylic acids is 1. The SMILES string of the molecule is CCn1nc(C)cc1C(=O)N1CCC(CC)(C(=O)O)CC1. The molecular weight excluding hydrogens is 270 g/mol. The number of aryl methyl sites for hydroxylation is 2. The van der Waals surface area contributed by atoms with Crippen molar-refractivity contribution in [3.8, 4) is 0 Å². The van der Waals surface area contributed by atoms with E-state index in [2.05, 4.69) is 5.10 Å². The summed E-state index contributed by atoms with van der Waals surface area (Å²) < 4.78 is 1.70. The monoisotopic (exact) mass is 293 g/mol. The predicted molar refractivity (Wildman–Crippen MR) is 78.1 cm³/mol. The molecule has 1 N–H and O–H groups in total. The average Bonchev–Trinajstić information content (AvgIpc) is 2.87. The number of amides is 1. The molecule has 21 heavy (non-hydrogen) atoms. The molecule has 2 heterocycles. The molecule has 0 aliphatic carbocycles. The standard InChI is InChI=1S/C15H23N3O3/c1-4-15(14(20)21)6-8-17(9-7-15)13(19)12-10-11(3)16-18(12)5-2/h10H,4-9H2,1-3H3,(H,20,21). The Morgan fingerprint density at radius 3 is 2.43 bits per heavy atom. The maximum atomic E-state index is 12.6. The number of piperidine rings is 1. The van der Waals surface area contributed by atoms with Gasteiger partial charge in [0.25, 0.3) is 5.91 Å². The van der Waals surface area contributed by atoms with Crippen LogP contribution in [0.25, 0.3) is 0 Å². The zero-order chi connectivity index (χ0) is 15.6. The van der Waals surface area contributed by atoms with Crippen LogP contribution in [0.15, 0.2) is 6.07 Å². The van der Waals surface area contributed by atoms with Crippen molar-refractivity contribution in [2.24, 2.45) is 5.41 Å². The maximum Gasteiger partial charge on any atom is 0.309 e. The Hall–Kier alpha value is -1.85. The van der Waals surface area contributed by atoms with E-state index in [9.17, 15) is 14.7 Å². The van der Waals surface area contributed by atoms with Gasteiger partial charge in [-0.05, 0) is 39.2 Å². The first-order valence-electron chi connectivity index (χ1n) is 7.50.